The molecule has 1 saturated heterocycles. The molecular formula is C15H21N5O. The molecule has 0 aliphatic carbocycles. The van der Waals surface area contributed by atoms with Gasteiger partial charge in [0, 0.05) is 23.2 Å². The first-order valence-electron chi connectivity index (χ1n) is 7.39. The van der Waals surface area contributed by atoms with Gasteiger partial charge in [0.15, 0.2) is 5.69 Å². The van der Waals surface area contributed by atoms with Crippen LogP contribution in [0, 0.1) is 0 Å². The van der Waals surface area contributed by atoms with Crippen LogP contribution in [-0.4, -0.2) is 33.2 Å². The summed E-state index contributed by atoms with van der Waals surface area (Å²) in [5.74, 6) is -0.188. The third kappa shape index (κ3) is 2.58. The van der Waals surface area contributed by atoms with Crippen LogP contribution >= 0.6 is 0 Å². The summed E-state index contributed by atoms with van der Waals surface area (Å²) >= 11 is 0. The summed E-state index contributed by atoms with van der Waals surface area (Å²) in [6.07, 6.45) is 3.40. The Bertz CT molecular complexity index is 655. The zero-order valence-electron chi connectivity index (χ0n) is 12.4. The Hall–Kier alpha value is -2.08. The van der Waals surface area contributed by atoms with E-state index < -0.39 is 0 Å². The molecule has 2 heterocycles. The molecule has 0 radical (unpaired) electrons. The van der Waals surface area contributed by atoms with Gasteiger partial charge < -0.3 is 5.73 Å². The number of H-pyrrole nitrogens is 1. The Kier molecular flexibility index (Phi) is 3.55. The topological polar surface area (TPSA) is 87.0 Å². The molecule has 6 nitrogen and oxygen atoms in total. The van der Waals surface area contributed by atoms with Crippen molar-refractivity contribution in [3.05, 3.63) is 23.9 Å². The second-order valence-corrected chi connectivity index (χ2v) is 5.85. The third-order valence-corrected chi connectivity index (χ3v) is 4.23. The number of hydrogen-bond acceptors (Lipinski definition) is 4. The summed E-state index contributed by atoms with van der Waals surface area (Å²) in [5, 5.41) is 9.80. The molecule has 1 aromatic carbocycles. The van der Waals surface area contributed by atoms with Gasteiger partial charge in [-0.25, -0.2) is 5.01 Å². The Balaban J connectivity index is 1.85. The molecular weight excluding hydrogens is 266 g/mol. The number of benzene rings is 1. The van der Waals surface area contributed by atoms with Crippen molar-refractivity contribution in [3.8, 4) is 0 Å². The summed E-state index contributed by atoms with van der Waals surface area (Å²) < 4.78 is 0. The molecule has 0 saturated carbocycles. The lowest BCUT2D eigenvalue weighted by Gasteiger charge is -2.38. The molecule has 0 bridgehead atoms. The Morgan fingerprint density at radius 3 is 2.81 bits per heavy atom. The van der Waals surface area contributed by atoms with E-state index in [1.54, 1.807) is 12.1 Å². The number of nitrogen functional groups attached to an aromatic ring is 1. The minimum atomic E-state index is -0.188. The molecule has 1 aliphatic rings. The maximum atomic E-state index is 12.5. The van der Waals surface area contributed by atoms with E-state index in [1.807, 2.05) is 11.1 Å². The monoisotopic (exact) mass is 287 g/mol. The minimum absolute atomic E-state index is 0.188. The van der Waals surface area contributed by atoms with E-state index in [-0.39, 0.29) is 5.91 Å². The number of hydrazine groups is 1. The van der Waals surface area contributed by atoms with Crippen LogP contribution < -0.4 is 11.2 Å². The Morgan fingerprint density at radius 2 is 2.10 bits per heavy atom. The molecule has 6 heteroatoms. The lowest BCUT2D eigenvalue weighted by Crippen LogP contribution is -2.54. The standard InChI is InChI=1S/C15H21N5O/c1-9-4-3-5-10(2)20(9)19-15(21)14-12-8-11(16)6-7-13(12)17-18-14/h6-10H,3-5,16H2,1-2H3,(H,17,18)(H,19,21). The van der Waals surface area contributed by atoms with Crippen LogP contribution in [0.3, 0.4) is 0 Å². The zero-order chi connectivity index (χ0) is 15.0. The van der Waals surface area contributed by atoms with Gasteiger partial charge in [-0.15, -0.1) is 0 Å². The molecule has 2 atom stereocenters. The first-order valence-corrected chi connectivity index (χ1v) is 7.39. The van der Waals surface area contributed by atoms with E-state index in [2.05, 4.69) is 29.5 Å². The van der Waals surface area contributed by atoms with E-state index >= 15 is 0 Å². The molecule has 1 fully saturated rings. The number of aromatic nitrogens is 2. The maximum Gasteiger partial charge on any atom is 0.286 e. The largest absolute Gasteiger partial charge is 0.399 e. The molecule has 3 rings (SSSR count). The number of rotatable bonds is 2. The van der Waals surface area contributed by atoms with Crippen LogP contribution in [0.2, 0.25) is 0 Å². The predicted octanol–water partition coefficient (Wildman–Crippen LogP) is 2.05. The van der Waals surface area contributed by atoms with Crippen molar-refractivity contribution in [1.29, 1.82) is 0 Å². The summed E-state index contributed by atoms with van der Waals surface area (Å²) in [7, 11) is 0. The van der Waals surface area contributed by atoms with Gasteiger partial charge >= 0.3 is 0 Å². The Morgan fingerprint density at radius 1 is 1.38 bits per heavy atom. The van der Waals surface area contributed by atoms with Gasteiger partial charge in [0.1, 0.15) is 0 Å². The van der Waals surface area contributed by atoms with E-state index in [9.17, 15) is 4.79 Å². The van der Waals surface area contributed by atoms with Crippen molar-refractivity contribution >= 4 is 22.5 Å². The van der Waals surface area contributed by atoms with Crippen LogP contribution in [0.5, 0.6) is 0 Å². The number of nitrogens with two attached hydrogens (primary N) is 1. The fourth-order valence-corrected chi connectivity index (χ4v) is 3.02. The normalized spacial score (nSPS) is 23.3. The van der Waals surface area contributed by atoms with Crippen LogP contribution in [0.25, 0.3) is 10.9 Å². The molecule has 1 aromatic heterocycles. The summed E-state index contributed by atoms with van der Waals surface area (Å²) in [6.45, 7) is 4.27. The molecule has 21 heavy (non-hydrogen) atoms. The number of anilines is 1. The highest BCUT2D eigenvalue weighted by Gasteiger charge is 2.27. The lowest BCUT2D eigenvalue weighted by molar-refractivity contribution is 0.0367. The van der Waals surface area contributed by atoms with E-state index in [1.165, 1.54) is 6.42 Å². The van der Waals surface area contributed by atoms with Crippen molar-refractivity contribution in [2.75, 3.05) is 5.73 Å². The van der Waals surface area contributed by atoms with Crippen LogP contribution in [0.15, 0.2) is 18.2 Å². The highest BCUT2D eigenvalue weighted by molar-refractivity contribution is 6.05. The van der Waals surface area contributed by atoms with E-state index in [4.69, 9.17) is 5.73 Å². The van der Waals surface area contributed by atoms with Gasteiger partial charge in [-0.1, -0.05) is 6.42 Å². The molecule has 2 unspecified atom stereocenters. The highest BCUT2D eigenvalue weighted by atomic mass is 16.2. The number of carbonyl (C=O) groups excluding carboxylic acids is 1. The number of carbonyl (C=O) groups is 1. The summed E-state index contributed by atoms with van der Waals surface area (Å²) in [5.41, 5.74) is 10.6. The average Bonchev–Trinajstić information content (AvgIpc) is 2.86. The number of aromatic amines is 1. The fraction of sp³-hybridized carbons (Fsp3) is 0.467. The van der Waals surface area contributed by atoms with Crippen LogP contribution in [0.4, 0.5) is 5.69 Å². The quantitative estimate of drug-likeness (QED) is 0.738. The number of piperidine rings is 1. The van der Waals surface area contributed by atoms with Gasteiger partial charge in [-0.3, -0.25) is 15.3 Å². The zero-order valence-corrected chi connectivity index (χ0v) is 12.4. The second kappa shape index (κ2) is 5.37. The number of hydrogen-bond donors (Lipinski definition) is 3. The van der Waals surface area contributed by atoms with Gasteiger partial charge in [-0.2, -0.15) is 5.10 Å². The van der Waals surface area contributed by atoms with Crippen LogP contribution in [-0.2, 0) is 0 Å². The van der Waals surface area contributed by atoms with E-state index in [0.29, 0.717) is 23.5 Å². The molecule has 4 N–H and O–H groups in total. The molecule has 0 spiro atoms. The summed E-state index contributed by atoms with van der Waals surface area (Å²) in [4.78, 5) is 12.5. The van der Waals surface area contributed by atoms with Crippen LogP contribution in [0.1, 0.15) is 43.6 Å². The van der Waals surface area contributed by atoms with Crippen molar-refractivity contribution < 1.29 is 4.79 Å². The minimum Gasteiger partial charge on any atom is -0.399 e. The third-order valence-electron chi connectivity index (χ3n) is 4.23. The van der Waals surface area contributed by atoms with Gasteiger partial charge in [0.25, 0.3) is 5.91 Å². The van der Waals surface area contributed by atoms with Gasteiger partial charge in [0.2, 0.25) is 0 Å². The van der Waals surface area contributed by atoms with Gasteiger partial charge in [0.05, 0.1) is 5.52 Å². The average molecular weight is 287 g/mol. The molecule has 1 aliphatic heterocycles. The molecule has 1 amide bonds. The number of nitrogens with one attached hydrogen (secondary N) is 2. The maximum absolute atomic E-state index is 12.5. The SMILES string of the molecule is CC1CCCC(C)N1NC(=O)c1n[nH]c2ccc(N)cc12. The number of amides is 1. The highest BCUT2D eigenvalue weighted by Crippen LogP contribution is 2.22. The predicted molar refractivity (Wildman–Crippen MR) is 82.6 cm³/mol. The summed E-state index contributed by atoms with van der Waals surface area (Å²) in [6, 6.07) is 6.08. The second-order valence-electron chi connectivity index (χ2n) is 5.85. The Labute approximate surface area is 123 Å². The van der Waals surface area contributed by atoms with Crippen molar-refractivity contribution in [3.63, 3.8) is 0 Å². The van der Waals surface area contributed by atoms with Crippen molar-refractivity contribution in [2.45, 2.75) is 45.2 Å². The fourth-order valence-electron chi connectivity index (χ4n) is 3.02. The van der Waals surface area contributed by atoms with Crippen molar-refractivity contribution in [2.24, 2.45) is 0 Å². The number of nitrogens with zero attached hydrogens (tertiary/aromatic N) is 2. The smallest absolute Gasteiger partial charge is 0.286 e. The van der Waals surface area contributed by atoms with Crippen molar-refractivity contribution in [1.82, 2.24) is 20.6 Å². The molecule has 2 aromatic rings. The van der Waals surface area contributed by atoms with E-state index in [0.717, 1.165) is 23.7 Å². The first kappa shape index (κ1) is 13.9. The van der Waals surface area contributed by atoms with Gasteiger partial charge in [-0.05, 0) is 44.9 Å². The number of fused-ring (bicyclic) bond motifs is 1. The lowest BCUT2D eigenvalue weighted by atomic mass is 10.00. The first-order chi connectivity index (χ1) is 10.1. The molecule has 112 valence electrons.